The highest BCUT2D eigenvalue weighted by molar-refractivity contribution is 6.04. The van der Waals surface area contributed by atoms with Crippen LogP contribution in [0.25, 0.3) is 32.9 Å². The zero-order chi connectivity index (χ0) is 31.1. The number of aryl methyl sites for hydroxylation is 3. The van der Waals surface area contributed by atoms with E-state index in [0.717, 1.165) is 11.1 Å². The van der Waals surface area contributed by atoms with Gasteiger partial charge >= 0.3 is 0 Å². The molecule has 3 aromatic heterocycles. The first-order valence-electron chi connectivity index (χ1n) is 14.2. The summed E-state index contributed by atoms with van der Waals surface area (Å²) in [5.41, 5.74) is 3.01. The number of ether oxygens (including phenoxy) is 2. The van der Waals surface area contributed by atoms with Crippen molar-refractivity contribution in [3.63, 3.8) is 0 Å². The summed E-state index contributed by atoms with van der Waals surface area (Å²) in [5, 5.41) is 28.7. The van der Waals surface area contributed by atoms with E-state index < -0.39 is 5.60 Å². The Balaban J connectivity index is 1.84. The quantitative estimate of drug-likeness (QED) is 0.192. The number of carbonyl (C=O) groups excluding carboxylic acids is 1. The maximum atomic E-state index is 13.2. The van der Waals surface area contributed by atoms with E-state index in [1.165, 1.54) is 4.57 Å². The van der Waals surface area contributed by atoms with E-state index in [4.69, 9.17) is 9.47 Å². The first-order valence-corrected chi connectivity index (χ1v) is 14.2. The van der Waals surface area contributed by atoms with Crippen LogP contribution in [-0.2, 0) is 13.6 Å². The van der Waals surface area contributed by atoms with Crippen LogP contribution in [0.1, 0.15) is 42.4 Å². The number of aromatic amines is 1. The Labute approximate surface area is 248 Å². The van der Waals surface area contributed by atoms with Gasteiger partial charge in [-0.15, -0.1) is 5.10 Å². The van der Waals surface area contributed by atoms with Crippen molar-refractivity contribution in [2.75, 3.05) is 19.8 Å². The van der Waals surface area contributed by atoms with Gasteiger partial charge in [-0.2, -0.15) is 0 Å². The summed E-state index contributed by atoms with van der Waals surface area (Å²) in [6.45, 7) is 9.58. The molecule has 0 bridgehead atoms. The van der Waals surface area contributed by atoms with Crippen LogP contribution in [0.4, 0.5) is 0 Å². The topological polar surface area (TPSA) is 144 Å². The number of carbonyl (C=O) groups is 1. The second kappa shape index (κ2) is 11.6. The number of fused-ring (bicyclic) bond motifs is 2. The Hall–Kier alpha value is -4.61. The van der Waals surface area contributed by atoms with Gasteiger partial charge < -0.3 is 34.6 Å². The van der Waals surface area contributed by atoms with Crippen molar-refractivity contribution < 1.29 is 24.5 Å². The van der Waals surface area contributed by atoms with E-state index in [1.54, 1.807) is 37.8 Å². The third-order valence-electron chi connectivity index (χ3n) is 7.14. The fraction of sp³-hybridized carbons (Fsp3) is 0.344. The molecule has 5 aromatic rings. The van der Waals surface area contributed by atoms with Crippen LogP contribution in [0.5, 0.6) is 17.4 Å². The van der Waals surface area contributed by atoms with Crippen molar-refractivity contribution in [3.8, 4) is 28.5 Å². The van der Waals surface area contributed by atoms with Gasteiger partial charge in [-0.3, -0.25) is 14.3 Å². The van der Waals surface area contributed by atoms with E-state index in [9.17, 15) is 19.8 Å². The smallest absolute Gasteiger partial charge is 0.274 e. The standard InChI is InChI=1S/C32H37N5O6/c1-7-33-29(39)24-13-21-23(16-36(6)31(40)27(21)34-24)20-14-25-22(15-26(20)43-28-18(2)9-8-10-19(28)3)30(42-12-11-38)35-37(25)17-32(4,5)41/h8-10,13-16,34,38,41H,7,11-12,17H2,1-6H3,(H,33,39). The van der Waals surface area contributed by atoms with Crippen molar-refractivity contribution in [1.82, 2.24) is 24.6 Å². The normalized spacial score (nSPS) is 11.8. The Kier molecular flexibility index (Phi) is 8.04. The number of aromatic nitrogens is 4. The monoisotopic (exact) mass is 587 g/mol. The SMILES string of the molecule is CCNC(=O)c1cc2c(-c3cc4c(cc3Oc3c(C)cccc3C)c(OCCO)nn4CC(C)(C)O)cn(C)c(=O)c2[nH]1. The molecular formula is C32H37N5O6. The molecule has 5 rings (SSSR count). The summed E-state index contributed by atoms with van der Waals surface area (Å²) < 4.78 is 15.6. The molecule has 11 nitrogen and oxygen atoms in total. The summed E-state index contributed by atoms with van der Waals surface area (Å²) in [5.74, 6) is 1.13. The number of aliphatic hydroxyl groups is 2. The molecule has 1 amide bonds. The van der Waals surface area contributed by atoms with Crippen molar-refractivity contribution in [1.29, 1.82) is 0 Å². The number of nitrogens with zero attached hydrogens (tertiary/aromatic N) is 3. The van der Waals surface area contributed by atoms with Crippen LogP contribution in [0, 0.1) is 13.8 Å². The largest absolute Gasteiger partial charge is 0.474 e. The highest BCUT2D eigenvalue weighted by Crippen LogP contribution is 2.43. The molecule has 0 aliphatic rings. The van der Waals surface area contributed by atoms with E-state index in [0.29, 0.717) is 45.5 Å². The Bertz CT molecular complexity index is 1870. The summed E-state index contributed by atoms with van der Waals surface area (Å²) in [6.07, 6.45) is 1.72. The lowest BCUT2D eigenvalue weighted by atomic mass is 10.0. The van der Waals surface area contributed by atoms with E-state index >= 15 is 0 Å². The molecule has 0 spiro atoms. The molecule has 0 atom stereocenters. The Morgan fingerprint density at radius 2 is 1.84 bits per heavy atom. The van der Waals surface area contributed by atoms with Gasteiger partial charge in [0, 0.05) is 36.3 Å². The highest BCUT2D eigenvalue weighted by Gasteiger charge is 2.24. The highest BCUT2D eigenvalue weighted by atomic mass is 16.5. The lowest BCUT2D eigenvalue weighted by Gasteiger charge is -2.19. The molecule has 43 heavy (non-hydrogen) atoms. The number of nitrogens with one attached hydrogen (secondary N) is 2. The fourth-order valence-electron chi connectivity index (χ4n) is 5.20. The van der Waals surface area contributed by atoms with Gasteiger partial charge in [-0.25, -0.2) is 0 Å². The minimum Gasteiger partial charge on any atom is -0.474 e. The zero-order valence-electron chi connectivity index (χ0n) is 25.2. The van der Waals surface area contributed by atoms with Gasteiger partial charge in [0.2, 0.25) is 5.88 Å². The second-order valence-electron chi connectivity index (χ2n) is 11.3. The molecule has 2 aromatic carbocycles. The zero-order valence-corrected chi connectivity index (χ0v) is 25.2. The predicted molar refractivity (Wildman–Crippen MR) is 165 cm³/mol. The van der Waals surface area contributed by atoms with Crippen LogP contribution in [-0.4, -0.2) is 60.8 Å². The second-order valence-corrected chi connectivity index (χ2v) is 11.3. The van der Waals surface area contributed by atoms with E-state index in [1.807, 2.05) is 51.1 Å². The van der Waals surface area contributed by atoms with E-state index in [-0.39, 0.29) is 48.3 Å². The molecule has 0 aliphatic carbocycles. The number of rotatable bonds is 10. The molecular weight excluding hydrogens is 550 g/mol. The van der Waals surface area contributed by atoms with Crippen LogP contribution in [0.2, 0.25) is 0 Å². The fourth-order valence-corrected chi connectivity index (χ4v) is 5.20. The van der Waals surface area contributed by atoms with Crippen LogP contribution in [0.15, 0.2) is 47.4 Å². The number of H-pyrrole nitrogens is 1. The first kappa shape index (κ1) is 29.9. The minimum atomic E-state index is -1.09. The predicted octanol–water partition coefficient (Wildman–Crippen LogP) is 4.18. The molecule has 0 saturated heterocycles. The lowest BCUT2D eigenvalue weighted by molar-refractivity contribution is 0.0585. The molecule has 4 N–H and O–H groups in total. The number of hydrogen-bond donors (Lipinski definition) is 4. The average molecular weight is 588 g/mol. The van der Waals surface area contributed by atoms with Crippen molar-refractivity contribution in [3.05, 3.63) is 69.8 Å². The van der Waals surface area contributed by atoms with Crippen molar-refractivity contribution in [2.24, 2.45) is 7.05 Å². The van der Waals surface area contributed by atoms with Crippen LogP contribution < -0.4 is 20.3 Å². The minimum absolute atomic E-state index is 0.0385. The summed E-state index contributed by atoms with van der Waals surface area (Å²) >= 11 is 0. The lowest BCUT2D eigenvalue weighted by Crippen LogP contribution is -2.26. The Morgan fingerprint density at radius 1 is 1.12 bits per heavy atom. The maximum absolute atomic E-state index is 13.2. The molecule has 0 aliphatic heterocycles. The molecule has 0 saturated carbocycles. The third kappa shape index (κ3) is 5.86. The number of pyridine rings is 1. The molecule has 226 valence electrons. The Morgan fingerprint density at radius 3 is 2.49 bits per heavy atom. The molecule has 0 radical (unpaired) electrons. The van der Waals surface area contributed by atoms with Crippen molar-refractivity contribution >= 4 is 27.7 Å². The third-order valence-corrected chi connectivity index (χ3v) is 7.14. The average Bonchev–Trinajstić information content (AvgIpc) is 3.53. The summed E-state index contributed by atoms with van der Waals surface area (Å²) in [7, 11) is 1.65. The molecule has 0 unspecified atom stereocenters. The number of benzene rings is 2. The number of para-hydroxylation sites is 1. The molecule has 11 heteroatoms. The van der Waals surface area contributed by atoms with Crippen LogP contribution in [0.3, 0.4) is 0 Å². The van der Waals surface area contributed by atoms with Gasteiger partial charge in [0.1, 0.15) is 29.3 Å². The van der Waals surface area contributed by atoms with Gasteiger partial charge in [0.25, 0.3) is 11.5 Å². The maximum Gasteiger partial charge on any atom is 0.274 e. The van der Waals surface area contributed by atoms with E-state index in [2.05, 4.69) is 15.4 Å². The van der Waals surface area contributed by atoms with Gasteiger partial charge in [-0.1, -0.05) is 18.2 Å². The van der Waals surface area contributed by atoms with Gasteiger partial charge in [0.15, 0.2) is 0 Å². The molecule has 0 fully saturated rings. The molecule has 3 heterocycles. The number of amides is 1. The first-order chi connectivity index (χ1) is 20.4. The van der Waals surface area contributed by atoms with Gasteiger partial charge in [-0.05, 0) is 63.9 Å². The number of hydrogen-bond acceptors (Lipinski definition) is 7. The van der Waals surface area contributed by atoms with Gasteiger partial charge in [0.05, 0.1) is 29.7 Å². The summed E-state index contributed by atoms with van der Waals surface area (Å²) in [4.78, 5) is 28.9. The van der Waals surface area contributed by atoms with Crippen molar-refractivity contribution in [2.45, 2.75) is 46.8 Å². The number of aliphatic hydroxyl groups excluding tert-OH is 1. The summed E-state index contributed by atoms with van der Waals surface area (Å²) in [6, 6.07) is 11.3. The van der Waals surface area contributed by atoms with Crippen LogP contribution >= 0.6 is 0 Å².